The first-order valence-electron chi connectivity index (χ1n) is 10.4. The van der Waals surface area contributed by atoms with Gasteiger partial charge in [-0.3, -0.25) is 9.10 Å². The molecule has 3 aromatic rings. The summed E-state index contributed by atoms with van der Waals surface area (Å²) in [5.41, 5.74) is 2.21. The highest BCUT2D eigenvalue weighted by molar-refractivity contribution is 7.92. The summed E-state index contributed by atoms with van der Waals surface area (Å²) in [6.45, 7) is 1.96. The van der Waals surface area contributed by atoms with E-state index in [0.717, 1.165) is 11.1 Å². The lowest BCUT2D eigenvalue weighted by molar-refractivity contribution is -0.128. The van der Waals surface area contributed by atoms with Crippen molar-refractivity contribution in [2.75, 3.05) is 25.0 Å². The van der Waals surface area contributed by atoms with E-state index in [9.17, 15) is 13.2 Å². The van der Waals surface area contributed by atoms with Gasteiger partial charge in [-0.25, -0.2) is 8.42 Å². The summed E-state index contributed by atoms with van der Waals surface area (Å²) in [4.78, 5) is 14.8. The fourth-order valence-electron chi connectivity index (χ4n) is 3.49. The van der Waals surface area contributed by atoms with Crippen LogP contribution >= 0.6 is 0 Å². The average Bonchev–Trinajstić information content (AvgIpc) is 2.83. The van der Waals surface area contributed by atoms with E-state index in [1.54, 1.807) is 56.6 Å². The third-order valence-corrected chi connectivity index (χ3v) is 7.05. The van der Waals surface area contributed by atoms with E-state index in [2.05, 4.69) is 0 Å². The summed E-state index contributed by atoms with van der Waals surface area (Å²) in [6, 6.07) is 22.9. The van der Waals surface area contributed by atoms with E-state index in [-0.39, 0.29) is 17.3 Å². The first-order chi connectivity index (χ1) is 15.4. The summed E-state index contributed by atoms with van der Waals surface area (Å²) >= 11 is 0. The van der Waals surface area contributed by atoms with Crippen molar-refractivity contribution in [1.82, 2.24) is 4.90 Å². The zero-order valence-corrected chi connectivity index (χ0v) is 19.4. The number of carbonyl (C=O) groups is 1. The molecule has 0 saturated heterocycles. The van der Waals surface area contributed by atoms with Crippen molar-refractivity contribution in [2.24, 2.45) is 0 Å². The van der Waals surface area contributed by atoms with Crippen molar-refractivity contribution in [3.63, 3.8) is 0 Å². The Bertz CT molecular complexity index is 1160. The second-order valence-electron chi connectivity index (χ2n) is 7.37. The predicted molar refractivity (Wildman–Crippen MR) is 126 cm³/mol. The van der Waals surface area contributed by atoms with Gasteiger partial charge in [0.25, 0.3) is 10.0 Å². The number of amides is 1. The molecule has 0 bridgehead atoms. The number of carbonyl (C=O) groups excluding carboxylic acids is 1. The van der Waals surface area contributed by atoms with Crippen LogP contribution in [0.25, 0.3) is 0 Å². The molecule has 0 aliphatic rings. The van der Waals surface area contributed by atoms with Gasteiger partial charge < -0.3 is 9.64 Å². The molecule has 0 fully saturated rings. The highest BCUT2D eigenvalue weighted by Gasteiger charge is 2.29. The van der Waals surface area contributed by atoms with E-state index in [4.69, 9.17) is 4.74 Å². The average molecular weight is 453 g/mol. The largest absolute Gasteiger partial charge is 0.496 e. The highest BCUT2D eigenvalue weighted by atomic mass is 32.2. The Labute approximate surface area is 190 Å². The van der Waals surface area contributed by atoms with Gasteiger partial charge in [-0.05, 0) is 36.2 Å². The Morgan fingerprint density at radius 2 is 1.47 bits per heavy atom. The molecule has 1 amide bonds. The Morgan fingerprint density at radius 3 is 2.12 bits per heavy atom. The molecule has 0 radical (unpaired) electrons. The number of hydrogen-bond donors (Lipinski definition) is 0. The van der Waals surface area contributed by atoms with Gasteiger partial charge in [-0.2, -0.15) is 0 Å². The lowest BCUT2D eigenvalue weighted by atomic mass is 10.1. The minimum Gasteiger partial charge on any atom is -0.496 e. The first-order valence-corrected chi connectivity index (χ1v) is 11.8. The lowest BCUT2D eigenvalue weighted by Crippen LogP contribution is -2.41. The number of sulfonamides is 1. The van der Waals surface area contributed by atoms with Crippen LogP contribution in [0.5, 0.6) is 5.75 Å². The molecular formula is C25H28N2O4S. The number of methoxy groups -OCH3 is 1. The zero-order valence-electron chi connectivity index (χ0n) is 18.6. The fourth-order valence-corrected chi connectivity index (χ4v) is 4.97. The quantitative estimate of drug-likeness (QED) is 0.490. The molecule has 7 heteroatoms. The summed E-state index contributed by atoms with van der Waals surface area (Å²) in [5, 5.41) is 0. The maximum atomic E-state index is 13.6. The summed E-state index contributed by atoms with van der Waals surface area (Å²) in [7, 11) is -0.699. The summed E-state index contributed by atoms with van der Waals surface area (Å²) in [5.74, 6) is 0.360. The number of para-hydroxylation sites is 2. The minimum atomic E-state index is -3.94. The molecule has 0 heterocycles. The maximum Gasteiger partial charge on any atom is 0.264 e. The Morgan fingerprint density at radius 1 is 0.875 bits per heavy atom. The summed E-state index contributed by atoms with van der Waals surface area (Å²) in [6.07, 6.45) is 0.641. The monoisotopic (exact) mass is 452 g/mol. The smallest absolute Gasteiger partial charge is 0.264 e. The lowest BCUT2D eigenvalue weighted by Gasteiger charge is -2.28. The van der Waals surface area contributed by atoms with Gasteiger partial charge in [0.1, 0.15) is 12.3 Å². The number of hydrogen-bond acceptors (Lipinski definition) is 4. The van der Waals surface area contributed by atoms with Gasteiger partial charge >= 0.3 is 0 Å². The van der Waals surface area contributed by atoms with Crippen LogP contribution in [-0.2, 0) is 27.8 Å². The summed E-state index contributed by atoms with van der Waals surface area (Å²) < 4.78 is 33.7. The van der Waals surface area contributed by atoms with E-state index in [0.29, 0.717) is 24.4 Å². The number of likely N-dealkylation sites (N-methyl/N-ethyl adjacent to an activating group) is 1. The number of aryl methyl sites for hydroxylation is 1. The van der Waals surface area contributed by atoms with E-state index in [1.165, 1.54) is 9.21 Å². The van der Waals surface area contributed by atoms with Crippen LogP contribution in [0.15, 0.2) is 83.8 Å². The van der Waals surface area contributed by atoms with Crippen LogP contribution in [0.2, 0.25) is 0 Å². The van der Waals surface area contributed by atoms with Gasteiger partial charge in [0, 0.05) is 19.2 Å². The van der Waals surface area contributed by atoms with Gasteiger partial charge in [-0.1, -0.05) is 61.5 Å². The van der Waals surface area contributed by atoms with Gasteiger partial charge in [0.2, 0.25) is 5.91 Å². The van der Waals surface area contributed by atoms with Crippen LogP contribution in [0.4, 0.5) is 5.69 Å². The van der Waals surface area contributed by atoms with Crippen molar-refractivity contribution in [1.29, 1.82) is 0 Å². The van der Waals surface area contributed by atoms with Crippen LogP contribution in [-0.4, -0.2) is 39.9 Å². The zero-order chi connectivity index (χ0) is 23.1. The Hall–Kier alpha value is -3.32. The van der Waals surface area contributed by atoms with Crippen molar-refractivity contribution >= 4 is 21.6 Å². The molecule has 0 atom stereocenters. The number of anilines is 1. The second kappa shape index (κ2) is 10.3. The minimum absolute atomic E-state index is 0.145. The topological polar surface area (TPSA) is 66.9 Å². The molecule has 0 unspecified atom stereocenters. The third-order valence-electron chi connectivity index (χ3n) is 5.28. The normalized spacial score (nSPS) is 11.1. The van der Waals surface area contributed by atoms with Crippen LogP contribution < -0.4 is 9.04 Å². The van der Waals surface area contributed by atoms with Gasteiger partial charge in [0.05, 0.1) is 17.7 Å². The molecular weight excluding hydrogens is 424 g/mol. The standard InChI is InChI=1S/C25H28N2O4S/c1-4-20-12-8-10-16-23(20)27(32(29,30)22-14-6-5-7-15-22)19-25(28)26(2)18-21-13-9-11-17-24(21)31-3/h5-17H,4,18-19H2,1-3H3. The van der Waals surface area contributed by atoms with Crippen molar-refractivity contribution in [3.05, 3.63) is 90.0 Å². The molecule has 32 heavy (non-hydrogen) atoms. The molecule has 0 saturated carbocycles. The highest BCUT2D eigenvalue weighted by Crippen LogP contribution is 2.28. The van der Waals surface area contributed by atoms with Gasteiger partial charge in [-0.15, -0.1) is 0 Å². The molecule has 0 aliphatic heterocycles. The van der Waals surface area contributed by atoms with Crippen molar-refractivity contribution in [3.8, 4) is 5.75 Å². The molecule has 0 aliphatic carbocycles. The van der Waals surface area contributed by atoms with E-state index in [1.807, 2.05) is 43.3 Å². The molecule has 3 aromatic carbocycles. The van der Waals surface area contributed by atoms with Crippen LogP contribution in [0, 0.1) is 0 Å². The Kier molecular flexibility index (Phi) is 7.53. The maximum absolute atomic E-state index is 13.6. The molecule has 0 spiro atoms. The number of benzene rings is 3. The number of rotatable bonds is 9. The molecule has 0 N–H and O–H groups in total. The number of nitrogens with zero attached hydrogens (tertiary/aromatic N) is 2. The van der Waals surface area contributed by atoms with E-state index < -0.39 is 10.0 Å². The van der Waals surface area contributed by atoms with Crippen LogP contribution in [0.1, 0.15) is 18.1 Å². The van der Waals surface area contributed by atoms with Gasteiger partial charge in [0.15, 0.2) is 0 Å². The molecule has 3 rings (SSSR count). The fraction of sp³-hybridized carbons (Fsp3) is 0.240. The third kappa shape index (κ3) is 5.11. The van der Waals surface area contributed by atoms with Crippen LogP contribution in [0.3, 0.4) is 0 Å². The second-order valence-corrected chi connectivity index (χ2v) is 9.23. The van der Waals surface area contributed by atoms with E-state index >= 15 is 0 Å². The molecule has 168 valence electrons. The number of ether oxygens (including phenoxy) is 1. The first kappa shape index (κ1) is 23.3. The SMILES string of the molecule is CCc1ccccc1N(CC(=O)N(C)Cc1ccccc1OC)S(=O)(=O)c1ccccc1. The molecule has 0 aromatic heterocycles. The van der Waals surface area contributed by atoms with Crippen molar-refractivity contribution < 1.29 is 17.9 Å². The predicted octanol–water partition coefficient (Wildman–Crippen LogP) is 4.11. The van der Waals surface area contributed by atoms with Crippen molar-refractivity contribution in [2.45, 2.75) is 24.8 Å². The molecule has 6 nitrogen and oxygen atoms in total. The Balaban J connectivity index is 1.94.